The number of H-pyrrole nitrogens is 1. The van der Waals surface area contributed by atoms with Crippen LogP contribution < -0.4 is 5.32 Å². The molecule has 0 bridgehead atoms. The van der Waals surface area contributed by atoms with Crippen molar-refractivity contribution in [1.29, 1.82) is 10.7 Å². The Bertz CT molecular complexity index is 1770. The molecule has 5 rings (SSSR count). The third-order valence-electron chi connectivity index (χ3n) is 7.40. The molecule has 0 unspecified atom stereocenters. The molecule has 3 heterocycles. The summed E-state index contributed by atoms with van der Waals surface area (Å²) in [6, 6.07) is 12.3. The van der Waals surface area contributed by atoms with E-state index in [0.717, 1.165) is 0 Å². The molecule has 1 saturated heterocycles. The minimum Gasteiger partial charge on any atom is -0.447 e. The zero-order valence-corrected chi connectivity index (χ0v) is 25.5. The smallest absolute Gasteiger partial charge is 0.409 e. The molecule has 1 atom stereocenters. The minimum atomic E-state index is -2.79. The van der Waals surface area contributed by atoms with E-state index in [1.165, 1.54) is 40.7 Å². The monoisotopic (exact) mass is 650 g/mol. The predicted molar refractivity (Wildman–Crippen MR) is 163 cm³/mol. The Hall–Kier alpha value is -5.36. The maximum absolute atomic E-state index is 14.2. The molecule has 1 aliphatic heterocycles. The fourth-order valence-electron chi connectivity index (χ4n) is 5.01. The van der Waals surface area contributed by atoms with E-state index in [2.05, 4.69) is 31.7 Å². The van der Waals surface area contributed by atoms with Crippen molar-refractivity contribution in [1.82, 2.24) is 40.1 Å². The number of ether oxygens (including phenoxy) is 1. The Balaban J connectivity index is 1.49. The van der Waals surface area contributed by atoms with Crippen LogP contribution >= 0.6 is 11.6 Å². The zero-order valence-electron chi connectivity index (χ0n) is 24.7. The summed E-state index contributed by atoms with van der Waals surface area (Å²) in [4.78, 5) is 33.9. The predicted octanol–water partition coefficient (Wildman–Crippen LogP) is 5.09. The summed E-state index contributed by atoms with van der Waals surface area (Å²) in [6.07, 6.45) is 3.14. The van der Waals surface area contributed by atoms with Crippen LogP contribution in [-0.4, -0.2) is 79.0 Å². The van der Waals surface area contributed by atoms with Crippen LogP contribution in [0.3, 0.4) is 0 Å². The summed E-state index contributed by atoms with van der Waals surface area (Å²) >= 11 is 6.47. The van der Waals surface area contributed by atoms with Gasteiger partial charge in [0.2, 0.25) is 0 Å². The Labute approximate surface area is 267 Å². The van der Waals surface area contributed by atoms with Gasteiger partial charge in [0.1, 0.15) is 12.9 Å². The number of benzene rings is 2. The summed E-state index contributed by atoms with van der Waals surface area (Å²) in [6.45, 7) is 1.07. The Morgan fingerprint density at radius 1 is 1.24 bits per heavy atom. The lowest BCUT2D eigenvalue weighted by atomic mass is 9.84. The van der Waals surface area contributed by atoms with Gasteiger partial charge in [0, 0.05) is 42.5 Å². The highest BCUT2D eigenvalue weighted by molar-refractivity contribution is 6.33. The minimum absolute atomic E-state index is 0.181. The lowest BCUT2D eigenvalue weighted by molar-refractivity contribution is 0.0235. The van der Waals surface area contributed by atoms with Crippen molar-refractivity contribution in [2.45, 2.75) is 26.4 Å². The van der Waals surface area contributed by atoms with Gasteiger partial charge in [-0.05, 0) is 49.2 Å². The van der Waals surface area contributed by atoms with Crippen LogP contribution in [0.25, 0.3) is 22.5 Å². The van der Waals surface area contributed by atoms with Crippen molar-refractivity contribution in [2.75, 3.05) is 26.2 Å². The first-order valence-corrected chi connectivity index (χ1v) is 14.5. The number of carbonyl (C=O) groups is 2. The number of aromatic nitrogens is 5. The fourth-order valence-corrected chi connectivity index (χ4v) is 5.22. The van der Waals surface area contributed by atoms with Gasteiger partial charge >= 0.3 is 12.6 Å². The van der Waals surface area contributed by atoms with Gasteiger partial charge in [-0.15, -0.1) is 0 Å². The molecule has 0 saturated carbocycles. The van der Waals surface area contributed by atoms with Crippen LogP contribution in [0, 0.1) is 22.2 Å². The molecular formula is C30H29ClF2N10O3. The van der Waals surface area contributed by atoms with Crippen LogP contribution in [0.15, 0.2) is 61.2 Å². The molecule has 16 heteroatoms. The van der Waals surface area contributed by atoms with E-state index in [1.807, 2.05) is 0 Å². The number of rotatable bonds is 9. The quantitative estimate of drug-likeness (QED) is 0.166. The first kappa shape index (κ1) is 32.0. The van der Waals surface area contributed by atoms with Crippen molar-refractivity contribution < 1.29 is 23.1 Å². The van der Waals surface area contributed by atoms with Crippen molar-refractivity contribution in [3.05, 3.63) is 77.3 Å². The van der Waals surface area contributed by atoms with Gasteiger partial charge in [-0.3, -0.25) is 20.2 Å². The van der Waals surface area contributed by atoms with E-state index < -0.39 is 30.0 Å². The Morgan fingerprint density at radius 3 is 2.59 bits per heavy atom. The number of halogens is 3. The molecule has 1 aliphatic rings. The van der Waals surface area contributed by atoms with E-state index in [0.29, 0.717) is 44.3 Å². The topological polar surface area (TPSA) is 169 Å². The van der Waals surface area contributed by atoms with E-state index in [-0.39, 0.29) is 31.2 Å². The lowest BCUT2D eigenvalue weighted by Crippen LogP contribution is -2.56. The number of hydrogen-bond donors (Lipinski definition) is 3. The number of nitrogens with zero attached hydrogens (tertiary/aromatic N) is 7. The third-order valence-corrected chi connectivity index (χ3v) is 7.73. The number of nitriles is 1. The van der Waals surface area contributed by atoms with Crippen molar-refractivity contribution in [2.24, 2.45) is 5.41 Å². The Morgan fingerprint density at radius 2 is 1.98 bits per heavy atom. The van der Waals surface area contributed by atoms with Gasteiger partial charge in [0.05, 0.1) is 28.7 Å². The third kappa shape index (κ3) is 6.66. The maximum atomic E-state index is 14.2. The second-order valence-corrected chi connectivity index (χ2v) is 11.2. The first-order valence-electron chi connectivity index (χ1n) is 14.1. The molecule has 0 aliphatic carbocycles. The number of carbonyl (C=O) groups excluding carboxylic acids is 2. The Kier molecular flexibility index (Phi) is 9.28. The largest absolute Gasteiger partial charge is 0.447 e. The number of guanidine groups is 1. The zero-order chi connectivity index (χ0) is 33.0. The van der Waals surface area contributed by atoms with Gasteiger partial charge in [-0.1, -0.05) is 29.8 Å². The standard InChI is InChI=1S/C30H29ClF2N10O3/c1-3-36-28(35)43(26(44)19-6-4-18(5-7-19)21-11-39-42(12-21)27(32)33)24(13-46-29(45)41-15-30(2,14-34)16-41)20-8-9-23(31)22(10-20)25-37-17-38-40-25/h4-12,17,24,27H,3,13,15-16H2,1-2H3,(H2,35,36)(H,37,38,40)/t24-/m1/s1. The molecule has 2 amide bonds. The second kappa shape index (κ2) is 13.3. The highest BCUT2D eigenvalue weighted by atomic mass is 35.5. The molecule has 2 aromatic carbocycles. The number of hydrogen-bond acceptors (Lipinski definition) is 8. The molecule has 0 radical (unpaired) electrons. The average Bonchev–Trinajstić information content (AvgIpc) is 3.75. The van der Waals surface area contributed by atoms with Crippen LogP contribution in [0.2, 0.25) is 5.02 Å². The molecule has 13 nitrogen and oxygen atoms in total. The summed E-state index contributed by atoms with van der Waals surface area (Å²) < 4.78 is 32.3. The van der Waals surface area contributed by atoms with E-state index in [1.54, 1.807) is 44.2 Å². The average molecular weight is 651 g/mol. The second-order valence-electron chi connectivity index (χ2n) is 10.8. The van der Waals surface area contributed by atoms with E-state index in [9.17, 15) is 23.6 Å². The van der Waals surface area contributed by atoms with Crippen molar-refractivity contribution >= 4 is 29.6 Å². The number of likely N-dealkylation sites (tertiary alicyclic amines) is 1. The molecule has 1 fully saturated rings. The lowest BCUT2D eigenvalue weighted by Gasteiger charge is -2.42. The van der Waals surface area contributed by atoms with Gasteiger partial charge < -0.3 is 15.0 Å². The molecule has 2 aromatic heterocycles. The van der Waals surface area contributed by atoms with Gasteiger partial charge in [0.25, 0.3) is 5.91 Å². The number of nitrogens with one attached hydrogen (secondary N) is 3. The summed E-state index contributed by atoms with van der Waals surface area (Å²) in [5, 5.41) is 31.7. The summed E-state index contributed by atoms with van der Waals surface area (Å²) in [5.41, 5.74) is 1.44. The van der Waals surface area contributed by atoms with Gasteiger partial charge in [-0.2, -0.15) is 24.2 Å². The molecule has 238 valence electrons. The highest BCUT2D eigenvalue weighted by Gasteiger charge is 2.43. The maximum Gasteiger partial charge on any atom is 0.409 e. The molecule has 3 N–H and O–H groups in total. The number of alkyl halides is 2. The normalized spacial score (nSPS) is 14.2. The molecule has 4 aromatic rings. The molecule has 0 spiro atoms. The SMILES string of the molecule is CCNC(=N)N(C(=O)c1ccc(-c2cnn(C(F)F)c2)cc1)[C@H](COC(=O)N1CC(C)(C#N)C1)c1ccc(Cl)c(-c2ncn[nH]2)c1. The highest BCUT2D eigenvalue weighted by Crippen LogP contribution is 2.33. The number of amides is 2. The number of aromatic amines is 1. The van der Waals surface area contributed by atoms with Crippen LogP contribution in [-0.2, 0) is 4.74 Å². The van der Waals surface area contributed by atoms with E-state index >= 15 is 0 Å². The summed E-state index contributed by atoms with van der Waals surface area (Å²) in [5.74, 6) is -0.489. The first-order chi connectivity index (χ1) is 22.0. The molecule has 46 heavy (non-hydrogen) atoms. The van der Waals surface area contributed by atoms with E-state index in [4.69, 9.17) is 21.7 Å². The van der Waals surface area contributed by atoms with Crippen LogP contribution in [0.1, 0.15) is 42.4 Å². The summed E-state index contributed by atoms with van der Waals surface area (Å²) in [7, 11) is 0. The van der Waals surface area contributed by atoms with Gasteiger partial charge in [0.15, 0.2) is 11.8 Å². The fraction of sp³-hybridized carbons (Fsp3) is 0.300. The van der Waals surface area contributed by atoms with Crippen molar-refractivity contribution in [3.63, 3.8) is 0 Å². The van der Waals surface area contributed by atoms with Crippen LogP contribution in [0.5, 0.6) is 0 Å². The van der Waals surface area contributed by atoms with Gasteiger partial charge in [-0.25, -0.2) is 14.5 Å². The van der Waals surface area contributed by atoms with Crippen molar-refractivity contribution in [3.8, 4) is 28.6 Å². The molecular weight excluding hydrogens is 622 g/mol. The van der Waals surface area contributed by atoms with Crippen LogP contribution in [0.4, 0.5) is 13.6 Å².